The minimum absolute atomic E-state index is 0.231. The van der Waals surface area contributed by atoms with Gasteiger partial charge in [0.2, 0.25) is 5.91 Å². The third-order valence-electron chi connectivity index (χ3n) is 5.97. The lowest BCUT2D eigenvalue weighted by Crippen LogP contribution is -2.10. The molecular weight excluding hydrogens is 466 g/mol. The van der Waals surface area contributed by atoms with Gasteiger partial charge < -0.3 is 19.5 Å². The average molecular weight is 498 g/mol. The minimum Gasteiger partial charge on any atom is -0.497 e. The number of nitrogens with zero attached hydrogens (tertiary/aromatic N) is 2. The molecule has 1 N–H and O–H groups in total. The number of anilines is 1. The molecule has 0 bridgehead atoms. The van der Waals surface area contributed by atoms with E-state index in [1.807, 2.05) is 91.3 Å². The molecule has 0 fully saturated rings. The zero-order valence-electron chi connectivity index (χ0n) is 21.5. The number of carbonyl (C=O) groups is 1. The second kappa shape index (κ2) is 11.9. The normalized spacial score (nSPS) is 10.9. The second-order valence-electron chi connectivity index (χ2n) is 8.55. The Morgan fingerprint density at radius 2 is 1.73 bits per heavy atom. The van der Waals surface area contributed by atoms with Crippen LogP contribution in [0, 0.1) is 13.8 Å². The van der Waals surface area contributed by atoms with Gasteiger partial charge >= 0.3 is 0 Å². The van der Waals surface area contributed by atoms with Gasteiger partial charge in [-0.05, 0) is 67.4 Å². The standard InChI is InChI=1S/C30H31N3O4/c1-21-30(22(2)33(32-21)19-24-9-8-12-27(18-24)35-3)31-29(34)16-14-23-13-15-28(36-4)25(17-23)20-37-26-10-6-5-7-11-26/h5-18H,19-20H2,1-4H3,(H,31,34)/b16-14+. The summed E-state index contributed by atoms with van der Waals surface area (Å²) in [4.78, 5) is 12.8. The van der Waals surface area contributed by atoms with Gasteiger partial charge in [-0.15, -0.1) is 0 Å². The Labute approximate surface area is 217 Å². The number of amides is 1. The molecular formula is C30H31N3O4. The van der Waals surface area contributed by atoms with E-state index in [0.29, 0.717) is 18.8 Å². The number of aryl methyl sites for hydroxylation is 1. The average Bonchev–Trinajstić information content (AvgIpc) is 3.18. The highest BCUT2D eigenvalue weighted by molar-refractivity contribution is 6.02. The SMILES string of the molecule is COc1cccc(Cn2nc(C)c(NC(=O)/C=C/c3ccc(OC)c(COc4ccccc4)c3)c2C)c1. The largest absolute Gasteiger partial charge is 0.497 e. The van der Waals surface area contributed by atoms with Crippen molar-refractivity contribution >= 4 is 17.7 Å². The molecule has 37 heavy (non-hydrogen) atoms. The molecule has 0 atom stereocenters. The molecule has 0 saturated heterocycles. The van der Waals surface area contributed by atoms with Gasteiger partial charge in [-0.1, -0.05) is 36.4 Å². The molecule has 0 aliphatic carbocycles. The van der Waals surface area contributed by atoms with Crippen molar-refractivity contribution in [2.75, 3.05) is 19.5 Å². The molecule has 190 valence electrons. The van der Waals surface area contributed by atoms with E-state index in [1.165, 1.54) is 6.08 Å². The molecule has 0 spiro atoms. The Balaban J connectivity index is 1.43. The van der Waals surface area contributed by atoms with Crippen LogP contribution in [0.1, 0.15) is 28.1 Å². The highest BCUT2D eigenvalue weighted by Crippen LogP contribution is 2.24. The minimum atomic E-state index is -0.231. The van der Waals surface area contributed by atoms with E-state index in [9.17, 15) is 4.79 Å². The fourth-order valence-electron chi connectivity index (χ4n) is 4.01. The zero-order valence-corrected chi connectivity index (χ0v) is 21.5. The number of carbonyl (C=O) groups excluding carboxylic acids is 1. The zero-order chi connectivity index (χ0) is 26.2. The van der Waals surface area contributed by atoms with Crippen molar-refractivity contribution in [1.82, 2.24) is 9.78 Å². The summed E-state index contributed by atoms with van der Waals surface area (Å²) in [6.45, 7) is 4.76. The number of benzene rings is 3. The number of ether oxygens (including phenoxy) is 3. The number of hydrogen-bond acceptors (Lipinski definition) is 5. The predicted molar refractivity (Wildman–Crippen MR) is 145 cm³/mol. The van der Waals surface area contributed by atoms with Crippen LogP contribution in [0.5, 0.6) is 17.2 Å². The lowest BCUT2D eigenvalue weighted by molar-refractivity contribution is -0.111. The number of rotatable bonds is 10. The van der Waals surface area contributed by atoms with E-state index < -0.39 is 0 Å². The fraction of sp³-hybridized carbons (Fsp3) is 0.200. The van der Waals surface area contributed by atoms with E-state index in [4.69, 9.17) is 14.2 Å². The van der Waals surface area contributed by atoms with Crippen molar-refractivity contribution in [2.24, 2.45) is 0 Å². The molecule has 4 aromatic rings. The maximum absolute atomic E-state index is 12.8. The molecule has 7 nitrogen and oxygen atoms in total. The third-order valence-corrected chi connectivity index (χ3v) is 5.97. The van der Waals surface area contributed by atoms with Gasteiger partial charge in [0.05, 0.1) is 37.8 Å². The van der Waals surface area contributed by atoms with Crippen molar-refractivity contribution in [3.63, 3.8) is 0 Å². The van der Waals surface area contributed by atoms with E-state index >= 15 is 0 Å². The van der Waals surface area contributed by atoms with Gasteiger partial charge in [0.25, 0.3) is 0 Å². The van der Waals surface area contributed by atoms with E-state index in [1.54, 1.807) is 20.3 Å². The molecule has 1 heterocycles. The summed E-state index contributed by atoms with van der Waals surface area (Å²) in [6.07, 6.45) is 3.29. The van der Waals surface area contributed by atoms with Crippen LogP contribution >= 0.6 is 0 Å². The molecule has 3 aromatic carbocycles. The van der Waals surface area contributed by atoms with E-state index in [-0.39, 0.29) is 5.91 Å². The molecule has 1 aromatic heterocycles. The van der Waals surface area contributed by atoms with Gasteiger partial charge in [-0.2, -0.15) is 5.10 Å². The van der Waals surface area contributed by atoms with Gasteiger partial charge in [0.15, 0.2) is 0 Å². The third kappa shape index (κ3) is 6.58. The fourth-order valence-corrected chi connectivity index (χ4v) is 4.01. The first-order valence-corrected chi connectivity index (χ1v) is 12.0. The topological polar surface area (TPSA) is 74.6 Å². The van der Waals surface area contributed by atoms with Crippen LogP contribution in [0.4, 0.5) is 5.69 Å². The molecule has 7 heteroatoms. The Hall–Kier alpha value is -4.52. The second-order valence-corrected chi connectivity index (χ2v) is 8.55. The monoisotopic (exact) mass is 497 g/mol. The Morgan fingerprint density at radius 3 is 2.49 bits per heavy atom. The van der Waals surface area contributed by atoms with Crippen LogP contribution in [0.2, 0.25) is 0 Å². The smallest absolute Gasteiger partial charge is 0.248 e. The van der Waals surface area contributed by atoms with Crippen molar-refractivity contribution in [3.05, 3.63) is 107 Å². The molecule has 0 aliphatic rings. The van der Waals surface area contributed by atoms with Gasteiger partial charge in [0.1, 0.15) is 23.9 Å². The van der Waals surface area contributed by atoms with Crippen molar-refractivity contribution < 1.29 is 19.0 Å². The van der Waals surface area contributed by atoms with Crippen LogP contribution in [-0.2, 0) is 17.9 Å². The Morgan fingerprint density at radius 1 is 0.946 bits per heavy atom. The van der Waals surface area contributed by atoms with Gasteiger partial charge in [-0.25, -0.2) is 0 Å². The molecule has 0 radical (unpaired) electrons. The number of hydrogen-bond donors (Lipinski definition) is 1. The maximum Gasteiger partial charge on any atom is 0.248 e. The van der Waals surface area contributed by atoms with Crippen molar-refractivity contribution in [3.8, 4) is 17.2 Å². The molecule has 0 unspecified atom stereocenters. The lowest BCUT2D eigenvalue weighted by atomic mass is 10.1. The number of aromatic nitrogens is 2. The highest BCUT2D eigenvalue weighted by atomic mass is 16.5. The van der Waals surface area contributed by atoms with Crippen LogP contribution < -0.4 is 19.5 Å². The Kier molecular flexibility index (Phi) is 8.26. The Bertz CT molecular complexity index is 1390. The summed E-state index contributed by atoms with van der Waals surface area (Å²) >= 11 is 0. The summed E-state index contributed by atoms with van der Waals surface area (Å²) < 4.78 is 18.6. The van der Waals surface area contributed by atoms with E-state index in [0.717, 1.165) is 45.3 Å². The number of nitrogens with one attached hydrogen (secondary N) is 1. The molecule has 0 saturated carbocycles. The van der Waals surface area contributed by atoms with Crippen LogP contribution in [0.3, 0.4) is 0 Å². The maximum atomic E-state index is 12.8. The first-order chi connectivity index (χ1) is 18.0. The number of methoxy groups -OCH3 is 2. The van der Waals surface area contributed by atoms with Crippen LogP contribution in [0.15, 0.2) is 78.9 Å². The van der Waals surface area contributed by atoms with E-state index in [2.05, 4.69) is 10.4 Å². The van der Waals surface area contributed by atoms with Gasteiger partial charge in [0, 0.05) is 11.6 Å². The van der Waals surface area contributed by atoms with Gasteiger partial charge in [-0.3, -0.25) is 9.48 Å². The summed E-state index contributed by atoms with van der Waals surface area (Å²) in [5, 5.41) is 7.60. The first-order valence-electron chi connectivity index (χ1n) is 12.0. The van der Waals surface area contributed by atoms with Crippen LogP contribution in [-0.4, -0.2) is 29.9 Å². The first kappa shape index (κ1) is 25.6. The lowest BCUT2D eigenvalue weighted by Gasteiger charge is -2.11. The number of para-hydroxylation sites is 1. The summed E-state index contributed by atoms with van der Waals surface area (Å²) in [6, 6.07) is 23.2. The van der Waals surface area contributed by atoms with Crippen molar-refractivity contribution in [1.29, 1.82) is 0 Å². The molecule has 1 amide bonds. The summed E-state index contributed by atoms with van der Waals surface area (Å²) in [5.74, 6) is 2.07. The van der Waals surface area contributed by atoms with Crippen molar-refractivity contribution in [2.45, 2.75) is 27.0 Å². The summed E-state index contributed by atoms with van der Waals surface area (Å²) in [5.41, 5.74) is 5.17. The predicted octanol–water partition coefficient (Wildman–Crippen LogP) is 5.80. The van der Waals surface area contributed by atoms with Crippen LogP contribution in [0.25, 0.3) is 6.08 Å². The quantitative estimate of drug-likeness (QED) is 0.281. The molecule has 4 rings (SSSR count). The molecule has 0 aliphatic heterocycles. The summed E-state index contributed by atoms with van der Waals surface area (Å²) in [7, 11) is 3.28. The highest BCUT2D eigenvalue weighted by Gasteiger charge is 2.14.